The van der Waals surface area contributed by atoms with Crippen LogP contribution in [0.2, 0.25) is 0 Å². The van der Waals surface area contributed by atoms with Gasteiger partial charge in [-0.3, -0.25) is 14.9 Å². The Morgan fingerprint density at radius 3 is 2.51 bits per heavy atom. The number of hydrogen-bond acceptors (Lipinski definition) is 4. The van der Waals surface area contributed by atoms with Crippen LogP contribution in [-0.4, -0.2) is 34.0 Å². The fraction of sp³-hybridized carbons (Fsp3) is 0.433. The van der Waals surface area contributed by atoms with Crippen LogP contribution in [0, 0.1) is 17.0 Å². The molecular formula is C30H37F2N5O2. The van der Waals surface area contributed by atoms with E-state index in [1.165, 1.54) is 12.4 Å². The van der Waals surface area contributed by atoms with Gasteiger partial charge < -0.3 is 15.2 Å². The number of amides is 2. The number of fused-ring (bicyclic) bond motifs is 1. The number of benzene rings is 2. The molecule has 39 heavy (non-hydrogen) atoms. The maximum atomic E-state index is 14.5. The topological polar surface area (TPSA) is 88.1 Å². The Morgan fingerprint density at radius 2 is 1.82 bits per heavy atom. The Morgan fingerprint density at radius 1 is 1.10 bits per heavy atom. The van der Waals surface area contributed by atoms with Crippen LogP contribution in [0.5, 0.6) is 0 Å². The monoisotopic (exact) mass is 537 g/mol. The Labute approximate surface area is 228 Å². The first-order valence-electron chi connectivity index (χ1n) is 13.2. The number of rotatable bonds is 8. The number of anilines is 1. The lowest BCUT2D eigenvalue weighted by Crippen LogP contribution is -2.46. The number of nitrogens with zero attached hydrogens (tertiary/aromatic N) is 2. The molecule has 0 fully saturated rings. The number of carbonyl (C=O) groups is 2. The average molecular weight is 538 g/mol. The predicted octanol–water partition coefficient (Wildman–Crippen LogP) is 4.89. The average Bonchev–Trinajstić information content (AvgIpc) is 3.35. The second kappa shape index (κ2) is 11.3. The summed E-state index contributed by atoms with van der Waals surface area (Å²) in [7, 11) is 0. The summed E-state index contributed by atoms with van der Waals surface area (Å²) < 4.78 is 29.8. The van der Waals surface area contributed by atoms with Crippen LogP contribution in [0.15, 0.2) is 55.0 Å². The molecule has 9 heteroatoms. The van der Waals surface area contributed by atoms with Gasteiger partial charge >= 0.3 is 0 Å². The highest BCUT2D eigenvalue weighted by molar-refractivity contribution is 5.95. The molecule has 0 radical (unpaired) electrons. The summed E-state index contributed by atoms with van der Waals surface area (Å²) in [6.45, 7) is 10.2. The van der Waals surface area contributed by atoms with Crippen LogP contribution in [0.3, 0.4) is 0 Å². The molecule has 0 spiro atoms. The first-order chi connectivity index (χ1) is 18.3. The number of halogens is 2. The van der Waals surface area contributed by atoms with E-state index in [2.05, 4.69) is 20.9 Å². The molecule has 0 saturated heterocycles. The van der Waals surface area contributed by atoms with E-state index in [0.29, 0.717) is 42.8 Å². The van der Waals surface area contributed by atoms with E-state index in [9.17, 15) is 18.4 Å². The third-order valence-electron chi connectivity index (χ3n) is 7.08. The van der Waals surface area contributed by atoms with Crippen LogP contribution in [0.1, 0.15) is 63.8 Å². The molecule has 0 unspecified atom stereocenters. The summed E-state index contributed by atoms with van der Waals surface area (Å²) in [6.07, 6.45) is 4.67. The second-order valence-electron chi connectivity index (χ2n) is 11.9. The molecule has 2 aromatic carbocycles. The maximum Gasteiger partial charge on any atom is 0.247 e. The lowest BCUT2D eigenvalue weighted by molar-refractivity contribution is -0.128. The minimum atomic E-state index is -0.919. The summed E-state index contributed by atoms with van der Waals surface area (Å²) in [5.41, 5.74) is 0.935. The lowest BCUT2D eigenvalue weighted by Gasteiger charge is -2.30. The van der Waals surface area contributed by atoms with Crippen LogP contribution < -0.4 is 16.0 Å². The quantitative estimate of drug-likeness (QED) is 0.382. The van der Waals surface area contributed by atoms with Crippen molar-refractivity contribution in [2.75, 3.05) is 11.9 Å². The minimum Gasteiger partial charge on any atom is -0.354 e. The van der Waals surface area contributed by atoms with Gasteiger partial charge in [-0.2, -0.15) is 0 Å². The minimum absolute atomic E-state index is 0.0539. The zero-order valence-electron chi connectivity index (χ0n) is 23.1. The Hall–Kier alpha value is -3.59. The van der Waals surface area contributed by atoms with Crippen molar-refractivity contribution in [2.24, 2.45) is 5.41 Å². The van der Waals surface area contributed by atoms with Crippen molar-refractivity contribution in [1.29, 1.82) is 0 Å². The van der Waals surface area contributed by atoms with Crippen molar-refractivity contribution in [3.63, 3.8) is 0 Å². The van der Waals surface area contributed by atoms with Crippen molar-refractivity contribution in [3.05, 3.63) is 83.3 Å². The van der Waals surface area contributed by atoms with Gasteiger partial charge in [-0.1, -0.05) is 51.1 Å². The molecule has 1 aliphatic rings. The van der Waals surface area contributed by atoms with Crippen molar-refractivity contribution < 1.29 is 18.4 Å². The van der Waals surface area contributed by atoms with Gasteiger partial charge in [-0.15, -0.1) is 0 Å². The number of nitrogens with one attached hydrogen (secondary N) is 3. The van der Waals surface area contributed by atoms with Gasteiger partial charge in [0.15, 0.2) is 5.82 Å². The Bertz CT molecular complexity index is 1330. The third-order valence-corrected chi connectivity index (χ3v) is 7.08. The second-order valence-corrected chi connectivity index (χ2v) is 11.9. The van der Waals surface area contributed by atoms with Crippen molar-refractivity contribution in [1.82, 2.24) is 20.2 Å². The lowest BCUT2D eigenvalue weighted by atomic mass is 9.87. The standard InChI is InChI=1S/C30H37F2N5O2/c1-29(2,3)17-33-28(39)30(4,5)37-16-25(34-18-37)36-27(38)26(19-9-7-6-8-10-19)35-22-12-11-20-13-21(31)14-24(32)23(20)15-22/h6-10,13-14,16,18,22,26,35H,11-12,15,17H2,1-5H3,(H,33,39)(H,36,38)/t22-,26-/m0/s1. The first-order valence-corrected chi connectivity index (χ1v) is 13.2. The molecule has 7 nitrogen and oxygen atoms in total. The summed E-state index contributed by atoms with van der Waals surface area (Å²) in [6, 6.07) is 10.7. The van der Waals surface area contributed by atoms with E-state index in [0.717, 1.165) is 11.6 Å². The summed E-state index contributed by atoms with van der Waals surface area (Å²) in [5.74, 6) is -1.30. The number of aromatic nitrogens is 2. The van der Waals surface area contributed by atoms with Crippen LogP contribution >= 0.6 is 0 Å². The van der Waals surface area contributed by atoms with Gasteiger partial charge in [-0.25, -0.2) is 13.8 Å². The predicted molar refractivity (Wildman–Crippen MR) is 147 cm³/mol. The summed E-state index contributed by atoms with van der Waals surface area (Å²) in [4.78, 5) is 30.7. The molecular weight excluding hydrogens is 500 g/mol. The van der Waals surface area contributed by atoms with Crippen LogP contribution in [0.25, 0.3) is 0 Å². The van der Waals surface area contributed by atoms with E-state index in [4.69, 9.17) is 0 Å². The molecule has 0 aliphatic heterocycles. The molecule has 0 saturated carbocycles. The van der Waals surface area contributed by atoms with Crippen LogP contribution in [-0.2, 0) is 28.0 Å². The van der Waals surface area contributed by atoms with E-state index >= 15 is 0 Å². The molecule has 2 amide bonds. The smallest absolute Gasteiger partial charge is 0.247 e. The molecule has 2 atom stereocenters. The van der Waals surface area contributed by atoms with Gasteiger partial charge in [-0.05, 0) is 61.3 Å². The number of hydrogen-bond donors (Lipinski definition) is 3. The molecule has 3 N–H and O–H groups in total. The highest BCUT2D eigenvalue weighted by atomic mass is 19.1. The van der Waals surface area contributed by atoms with E-state index in [-0.39, 0.29) is 23.3 Å². The molecule has 1 aliphatic carbocycles. The Balaban J connectivity index is 1.49. The fourth-order valence-electron chi connectivity index (χ4n) is 4.70. The normalized spacial score (nSPS) is 16.3. The number of aryl methyl sites for hydroxylation is 1. The number of imidazole rings is 1. The van der Waals surface area contributed by atoms with Crippen molar-refractivity contribution >= 4 is 17.6 Å². The highest BCUT2D eigenvalue weighted by Crippen LogP contribution is 2.27. The summed E-state index contributed by atoms with van der Waals surface area (Å²) >= 11 is 0. The largest absolute Gasteiger partial charge is 0.354 e. The van der Waals surface area contributed by atoms with E-state index < -0.39 is 23.2 Å². The van der Waals surface area contributed by atoms with Gasteiger partial charge in [0.1, 0.15) is 23.2 Å². The van der Waals surface area contributed by atoms with Gasteiger partial charge in [0.25, 0.3) is 0 Å². The number of carbonyl (C=O) groups excluding carboxylic acids is 2. The van der Waals surface area contributed by atoms with Gasteiger partial charge in [0.2, 0.25) is 11.8 Å². The highest BCUT2D eigenvalue weighted by Gasteiger charge is 2.32. The van der Waals surface area contributed by atoms with Crippen LogP contribution in [0.4, 0.5) is 14.6 Å². The van der Waals surface area contributed by atoms with Crippen molar-refractivity contribution in [3.8, 4) is 0 Å². The maximum absolute atomic E-state index is 14.5. The molecule has 208 valence electrons. The zero-order chi connectivity index (χ0) is 28.4. The molecule has 4 rings (SSSR count). The fourth-order valence-corrected chi connectivity index (χ4v) is 4.70. The third kappa shape index (κ3) is 6.89. The summed E-state index contributed by atoms with van der Waals surface area (Å²) in [5, 5.41) is 9.24. The van der Waals surface area contributed by atoms with Gasteiger partial charge in [0, 0.05) is 24.8 Å². The molecule has 3 aromatic rings. The van der Waals surface area contributed by atoms with Crippen molar-refractivity contribution in [2.45, 2.75) is 71.5 Å². The molecule has 0 bridgehead atoms. The SMILES string of the molecule is CC(C)(C)CNC(=O)C(C)(C)n1cnc(NC(=O)[C@@H](N[C@H]2CCc3cc(F)cc(F)c3C2)c2ccccc2)c1. The van der Waals surface area contributed by atoms with E-state index in [1.54, 1.807) is 24.6 Å². The van der Waals surface area contributed by atoms with E-state index in [1.807, 2.05) is 51.1 Å². The Kier molecular flexibility index (Phi) is 8.20. The molecule has 1 aromatic heterocycles. The zero-order valence-corrected chi connectivity index (χ0v) is 23.1. The van der Waals surface area contributed by atoms with Gasteiger partial charge in [0.05, 0.1) is 6.33 Å². The first kappa shape index (κ1) is 28.4. The molecule has 1 heterocycles.